The van der Waals surface area contributed by atoms with Crippen molar-refractivity contribution in [3.05, 3.63) is 59.4 Å². The largest absolute Gasteiger partial charge is 0.493 e. The van der Waals surface area contributed by atoms with Crippen molar-refractivity contribution in [3.63, 3.8) is 0 Å². The predicted octanol–water partition coefficient (Wildman–Crippen LogP) is 5.08. The summed E-state index contributed by atoms with van der Waals surface area (Å²) < 4.78 is 6.30. The quantitative estimate of drug-likeness (QED) is 0.332. The van der Waals surface area contributed by atoms with Gasteiger partial charge in [-0.1, -0.05) is 13.0 Å². The van der Waals surface area contributed by atoms with E-state index in [-0.39, 0.29) is 0 Å². The van der Waals surface area contributed by atoms with Crippen LogP contribution in [0.1, 0.15) is 54.7 Å². The SMILES string of the molecule is CNCCN(C)c1ncnc(CC2CCOc3ccc(-c4cnc5nc(C6CC6)[nH]c5c4)cc3CC2C)c1C. The molecular weight excluding hydrogens is 486 g/mol. The van der Waals surface area contributed by atoms with Crippen molar-refractivity contribution in [1.82, 2.24) is 30.2 Å². The number of aromatic amines is 1. The van der Waals surface area contributed by atoms with Crippen LogP contribution in [0.3, 0.4) is 0 Å². The molecule has 1 fully saturated rings. The lowest BCUT2D eigenvalue weighted by Crippen LogP contribution is -2.29. The van der Waals surface area contributed by atoms with Gasteiger partial charge in [0.05, 0.1) is 12.1 Å². The molecule has 39 heavy (non-hydrogen) atoms. The molecule has 204 valence electrons. The number of nitrogens with zero attached hydrogens (tertiary/aromatic N) is 5. The molecule has 4 aromatic rings. The zero-order valence-electron chi connectivity index (χ0n) is 23.5. The molecule has 2 N–H and O–H groups in total. The second kappa shape index (κ2) is 10.9. The molecule has 2 unspecified atom stereocenters. The van der Waals surface area contributed by atoms with Gasteiger partial charge in [-0.25, -0.2) is 19.9 Å². The summed E-state index contributed by atoms with van der Waals surface area (Å²) in [5.41, 5.74) is 7.69. The molecule has 2 aliphatic rings. The number of imidazole rings is 1. The van der Waals surface area contributed by atoms with Crippen LogP contribution in [-0.2, 0) is 12.8 Å². The van der Waals surface area contributed by atoms with E-state index < -0.39 is 0 Å². The number of pyridine rings is 1. The molecule has 0 amide bonds. The summed E-state index contributed by atoms with van der Waals surface area (Å²) in [5.74, 6) is 4.67. The van der Waals surface area contributed by atoms with Gasteiger partial charge in [-0.3, -0.25) is 0 Å². The molecule has 1 aliphatic carbocycles. The summed E-state index contributed by atoms with van der Waals surface area (Å²) in [7, 11) is 4.08. The first-order valence-electron chi connectivity index (χ1n) is 14.3. The number of rotatable bonds is 8. The third-order valence-corrected chi connectivity index (χ3v) is 8.48. The molecule has 0 saturated heterocycles. The standard InChI is InChI=1S/C31H39N7O/c1-19-13-24-14-23(25-16-27-30(33-17-25)37-29(36-27)21-5-6-21)7-8-28(24)39-12-9-22(19)15-26-20(2)31(35-18-34-26)38(4)11-10-32-3/h7-8,14,16-19,21-22,32H,5-6,9-13,15H2,1-4H3,(H,33,36,37). The van der Waals surface area contributed by atoms with E-state index >= 15 is 0 Å². The first-order valence-corrected chi connectivity index (χ1v) is 14.3. The van der Waals surface area contributed by atoms with E-state index in [1.54, 1.807) is 6.33 Å². The number of hydrogen-bond donors (Lipinski definition) is 2. The molecule has 8 heteroatoms. The van der Waals surface area contributed by atoms with Gasteiger partial charge in [-0.2, -0.15) is 0 Å². The molecule has 1 aromatic carbocycles. The second-order valence-corrected chi connectivity index (χ2v) is 11.4. The fourth-order valence-electron chi connectivity index (χ4n) is 5.81. The molecule has 0 bridgehead atoms. The lowest BCUT2D eigenvalue weighted by atomic mass is 9.81. The van der Waals surface area contributed by atoms with Crippen LogP contribution in [0.15, 0.2) is 36.8 Å². The van der Waals surface area contributed by atoms with Crippen molar-refractivity contribution >= 4 is 17.0 Å². The summed E-state index contributed by atoms with van der Waals surface area (Å²) in [5, 5.41) is 3.22. The number of ether oxygens (including phenoxy) is 1. The van der Waals surface area contributed by atoms with Gasteiger partial charge in [0, 0.05) is 49.1 Å². The minimum Gasteiger partial charge on any atom is -0.493 e. The van der Waals surface area contributed by atoms with Crippen LogP contribution < -0.4 is 15.0 Å². The van der Waals surface area contributed by atoms with Gasteiger partial charge in [-0.05, 0) is 87.2 Å². The van der Waals surface area contributed by atoms with Gasteiger partial charge < -0.3 is 19.9 Å². The van der Waals surface area contributed by atoms with Crippen LogP contribution >= 0.6 is 0 Å². The van der Waals surface area contributed by atoms with Crippen molar-refractivity contribution < 1.29 is 4.74 Å². The van der Waals surface area contributed by atoms with Crippen LogP contribution in [0.25, 0.3) is 22.3 Å². The van der Waals surface area contributed by atoms with Crippen LogP contribution in [0, 0.1) is 18.8 Å². The highest BCUT2D eigenvalue weighted by molar-refractivity contribution is 5.78. The number of anilines is 1. The van der Waals surface area contributed by atoms with Crippen molar-refractivity contribution in [2.75, 3.05) is 38.7 Å². The van der Waals surface area contributed by atoms with E-state index in [0.717, 1.165) is 72.2 Å². The monoisotopic (exact) mass is 525 g/mol. The highest BCUT2D eigenvalue weighted by Gasteiger charge is 2.27. The maximum Gasteiger partial charge on any atom is 0.177 e. The number of likely N-dealkylation sites (N-methyl/N-ethyl adjacent to an activating group) is 2. The van der Waals surface area contributed by atoms with E-state index in [9.17, 15) is 0 Å². The fourth-order valence-corrected chi connectivity index (χ4v) is 5.81. The Morgan fingerprint density at radius 2 is 1.97 bits per heavy atom. The Labute approximate surface area is 230 Å². The minimum atomic E-state index is 0.481. The van der Waals surface area contributed by atoms with Crippen molar-refractivity contribution in [1.29, 1.82) is 0 Å². The smallest absolute Gasteiger partial charge is 0.177 e. The number of hydrogen-bond acceptors (Lipinski definition) is 7. The summed E-state index contributed by atoms with van der Waals surface area (Å²) in [6.45, 7) is 7.07. The lowest BCUT2D eigenvalue weighted by Gasteiger charge is -2.29. The van der Waals surface area contributed by atoms with Crippen molar-refractivity contribution in [2.45, 2.75) is 51.9 Å². The molecule has 4 heterocycles. The number of H-pyrrole nitrogens is 1. The molecular formula is C31H39N7O. The van der Waals surface area contributed by atoms with Crippen molar-refractivity contribution in [3.8, 4) is 16.9 Å². The van der Waals surface area contributed by atoms with E-state index in [4.69, 9.17) is 9.72 Å². The summed E-state index contributed by atoms with van der Waals surface area (Å²) in [6, 6.07) is 8.76. The summed E-state index contributed by atoms with van der Waals surface area (Å²) >= 11 is 0. The Kier molecular flexibility index (Phi) is 7.21. The van der Waals surface area contributed by atoms with E-state index in [2.05, 4.69) is 75.3 Å². The lowest BCUT2D eigenvalue weighted by molar-refractivity contribution is 0.220. The van der Waals surface area contributed by atoms with Crippen LogP contribution in [0.2, 0.25) is 0 Å². The first kappa shape index (κ1) is 25.7. The Morgan fingerprint density at radius 3 is 2.79 bits per heavy atom. The zero-order chi connectivity index (χ0) is 26.9. The van der Waals surface area contributed by atoms with Gasteiger partial charge in [0.25, 0.3) is 0 Å². The summed E-state index contributed by atoms with van der Waals surface area (Å²) in [4.78, 5) is 24.4. The number of benzene rings is 1. The average Bonchev–Trinajstić information content (AvgIpc) is 3.70. The number of fused-ring (bicyclic) bond motifs is 2. The highest BCUT2D eigenvalue weighted by Crippen LogP contribution is 2.39. The van der Waals surface area contributed by atoms with E-state index in [1.807, 2.05) is 13.2 Å². The Bertz CT molecular complexity index is 1460. The Morgan fingerprint density at radius 1 is 1.10 bits per heavy atom. The Balaban J connectivity index is 1.21. The van der Waals surface area contributed by atoms with E-state index in [1.165, 1.54) is 29.5 Å². The zero-order valence-corrected chi connectivity index (χ0v) is 23.5. The second-order valence-electron chi connectivity index (χ2n) is 11.4. The van der Waals surface area contributed by atoms with Gasteiger partial charge in [0.15, 0.2) is 5.65 Å². The van der Waals surface area contributed by atoms with Crippen LogP contribution in [0.5, 0.6) is 5.75 Å². The van der Waals surface area contributed by atoms with E-state index in [0.29, 0.717) is 24.4 Å². The third-order valence-electron chi connectivity index (χ3n) is 8.48. The molecule has 1 aliphatic heterocycles. The van der Waals surface area contributed by atoms with Gasteiger partial charge in [0.2, 0.25) is 0 Å². The maximum absolute atomic E-state index is 6.30. The number of aromatic nitrogens is 5. The topological polar surface area (TPSA) is 91.8 Å². The Hall–Kier alpha value is -3.52. The molecule has 1 saturated carbocycles. The third kappa shape index (κ3) is 5.48. The highest BCUT2D eigenvalue weighted by atomic mass is 16.5. The minimum absolute atomic E-state index is 0.481. The molecule has 0 radical (unpaired) electrons. The molecule has 2 atom stereocenters. The predicted molar refractivity (Wildman–Crippen MR) is 155 cm³/mol. The van der Waals surface area contributed by atoms with Crippen molar-refractivity contribution in [2.24, 2.45) is 11.8 Å². The normalized spacial score (nSPS) is 19.3. The summed E-state index contributed by atoms with van der Waals surface area (Å²) in [6.07, 6.45) is 9.03. The average molecular weight is 526 g/mol. The first-order chi connectivity index (χ1) is 19.0. The van der Waals surface area contributed by atoms with Crippen LogP contribution in [0.4, 0.5) is 5.82 Å². The molecule has 6 rings (SSSR count). The van der Waals surface area contributed by atoms with Gasteiger partial charge in [0.1, 0.15) is 23.7 Å². The van der Waals surface area contributed by atoms with Crippen LogP contribution in [-0.4, -0.2) is 58.7 Å². The fraction of sp³-hybridized carbons (Fsp3) is 0.484. The molecule has 3 aromatic heterocycles. The van der Waals surface area contributed by atoms with Gasteiger partial charge >= 0.3 is 0 Å². The molecule has 8 nitrogen and oxygen atoms in total. The number of nitrogens with one attached hydrogen (secondary N) is 2. The molecule has 0 spiro atoms. The maximum atomic E-state index is 6.30. The van der Waals surface area contributed by atoms with Gasteiger partial charge in [-0.15, -0.1) is 0 Å².